The second-order valence-electron chi connectivity index (χ2n) is 5.81. The molecule has 0 aliphatic heterocycles. The predicted octanol–water partition coefficient (Wildman–Crippen LogP) is 1.90. The Morgan fingerprint density at radius 2 is 1.60 bits per heavy atom. The van der Waals surface area contributed by atoms with Gasteiger partial charge < -0.3 is 4.74 Å². The van der Waals surface area contributed by atoms with Crippen LogP contribution in [0.15, 0.2) is 30.3 Å². The number of hydrogen-bond donors (Lipinski definition) is 2. The van der Waals surface area contributed by atoms with E-state index in [1.54, 1.807) is 31.2 Å². The number of hydrogen-bond acceptors (Lipinski definition) is 4. The molecular formula is C15H22N2O3. The van der Waals surface area contributed by atoms with Crippen molar-refractivity contribution < 1.29 is 14.3 Å². The number of hydrazine groups is 1. The van der Waals surface area contributed by atoms with Crippen molar-refractivity contribution in [1.29, 1.82) is 0 Å². The molecular weight excluding hydrogens is 256 g/mol. The van der Waals surface area contributed by atoms with E-state index in [1.807, 2.05) is 26.8 Å². The second-order valence-corrected chi connectivity index (χ2v) is 5.81. The number of ether oxygens (including phenoxy) is 1. The summed E-state index contributed by atoms with van der Waals surface area (Å²) in [5, 5.41) is 0. The molecule has 0 heterocycles. The first-order valence-corrected chi connectivity index (χ1v) is 6.43. The fourth-order valence-corrected chi connectivity index (χ4v) is 1.59. The maximum atomic E-state index is 12.0. The quantitative estimate of drug-likeness (QED) is 0.652. The van der Waals surface area contributed by atoms with Crippen molar-refractivity contribution in [2.45, 2.75) is 33.2 Å². The molecule has 1 unspecified atom stereocenters. The highest BCUT2D eigenvalue weighted by atomic mass is 16.5. The maximum Gasteiger partial charge on any atom is 0.328 e. The van der Waals surface area contributed by atoms with Gasteiger partial charge in [0.2, 0.25) is 0 Å². The van der Waals surface area contributed by atoms with Crippen LogP contribution in [0.1, 0.15) is 38.1 Å². The van der Waals surface area contributed by atoms with Gasteiger partial charge in [0.05, 0.1) is 7.11 Å². The van der Waals surface area contributed by atoms with Crippen molar-refractivity contribution in [3.05, 3.63) is 35.9 Å². The van der Waals surface area contributed by atoms with Gasteiger partial charge in [-0.3, -0.25) is 10.2 Å². The van der Waals surface area contributed by atoms with Gasteiger partial charge in [-0.1, -0.05) is 39.0 Å². The van der Waals surface area contributed by atoms with Crippen LogP contribution in [0.2, 0.25) is 0 Å². The molecule has 1 aromatic carbocycles. The molecule has 0 saturated heterocycles. The van der Waals surface area contributed by atoms with Crippen molar-refractivity contribution >= 4 is 11.9 Å². The maximum absolute atomic E-state index is 12.0. The Labute approximate surface area is 119 Å². The summed E-state index contributed by atoms with van der Waals surface area (Å²) in [6.07, 6.45) is 0. The molecule has 0 radical (unpaired) electrons. The van der Waals surface area contributed by atoms with E-state index in [9.17, 15) is 9.59 Å². The summed E-state index contributed by atoms with van der Waals surface area (Å²) in [6, 6.07) is 8.78. The summed E-state index contributed by atoms with van der Waals surface area (Å²) in [7, 11) is 1.33. The van der Waals surface area contributed by atoms with E-state index in [4.69, 9.17) is 4.74 Å². The van der Waals surface area contributed by atoms with E-state index >= 15 is 0 Å². The lowest BCUT2D eigenvalue weighted by atomic mass is 9.75. The van der Waals surface area contributed by atoms with E-state index in [0.717, 1.165) is 0 Å². The van der Waals surface area contributed by atoms with Gasteiger partial charge in [-0.25, -0.2) is 10.2 Å². The van der Waals surface area contributed by atoms with Crippen LogP contribution in [0.3, 0.4) is 0 Å². The van der Waals surface area contributed by atoms with Crippen LogP contribution in [0, 0.1) is 5.41 Å². The molecule has 2 N–H and O–H groups in total. The van der Waals surface area contributed by atoms with E-state index < -0.39 is 16.9 Å². The van der Waals surface area contributed by atoms with Gasteiger partial charge in [0.25, 0.3) is 5.91 Å². The number of carbonyl (C=O) groups excluding carboxylic acids is 2. The number of carbonyl (C=O) groups is 2. The van der Waals surface area contributed by atoms with Crippen LogP contribution in [0.25, 0.3) is 0 Å². The van der Waals surface area contributed by atoms with Crippen LogP contribution in [0.4, 0.5) is 0 Å². The van der Waals surface area contributed by atoms with Gasteiger partial charge in [0.15, 0.2) is 0 Å². The first kappa shape index (κ1) is 16.2. The molecule has 0 aliphatic carbocycles. The number of rotatable bonds is 4. The van der Waals surface area contributed by atoms with Gasteiger partial charge in [0, 0.05) is 5.56 Å². The second kappa shape index (κ2) is 6.05. The highest BCUT2D eigenvalue weighted by Crippen LogP contribution is 2.30. The predicted molar refractivity (Wildman–Crippen MR) is 76.9 cm³/mol. The smallest absolute Gasteiger partial charge is 0.328 e. The van der Waals surface area contributed by atoms with Gasteiger partial charge >= 0.3 is 5.97 Å². The largest absolute Gasteiger partial charge is 0.468 e. The van der Waals surface area contributed by atoms with Crippen molar-refractivity contribution in [2.24, 2.45) is 5.41 Å². The topological polar surface area (TPSA) is 67.4 Å². The molecule has 0 spiro atoms. The Balaban J connectivity index is 2.84. The van der Waals surface area contributed by atoms with E-state index in [-0.39, 0.29) is 5.91 Å². The Bertz CT molecular complexity index is 480. The monoisotopic (exact) mass is 278 g/mol. The van der Waals surface area contributed by atoms with Crippen LogP contribution >= 0.6 is 0 Å². The van der Waals surface area contributed by atoms with Crippen LogP contribution in [-0.2, 0) is 9.53 Å². The van der Waals surface area contributed by atoms with E-state index in [2.05, 4.69) is 10.9 Å². The number of amides is 1. The number of methoxy groups -OCH3 is 1. The van der Waals surface area contributed by atoms with E-state index in [0.29, 0.717) is 5.56 Å². The van der Waals surface area contributed by atoms with Crippen molar-refractivity contribution in [1.82, 2.24) is 10.9 Å². The molecule has 1 atom stereocenters. The third-order valence-corrected chi connectivity index (χ3v) is 3.56. The minimum absolute atomic E-state index is 0.301. The molecule has 0 bridgehead atoms. The van der Waals surface area contributed by atoms with Gasteiger partial charge in [0.1, 0.15) is 5.54 Å². The summed E-state index contributed by atoms with van der Waals surface area (Å²) in [4.78, 5) is 24.0. The Morgan fingerprint density at radius 1 is 1.05 bits per heavy atom. The van der Waals surface area contributed by atoms with Gasteiger partial charge in [-0.05, 0) is 24.5 Å². The third-order valence-electron chi connectivity index (χ3n) is 3.56. The van der Waals surface area contributed by atoms with Crippen molar-refractivity contribution in [2.75, 3.05) is 7.11 Å². The SMILES string of the molecule is COC(=O)C(C)(NNC(=O)c1ccccc1)C(C)(C)C. The van der Waals surface area contributed by atoms with Crippen LogP contribution in [0.5, 0.6) is 0 Å². The average Bonchev–Trinajstić information content (AvgIpc) is 2.43. The lowest BCUT2D eigenvalue weighted by Crippen LogP contribution is -2.64. The van der Waals surface area contributed by atoms with Crippen LogP contribution < -0.4 is 10.9 Å². The number of benzene rings is 1. The molecule has 20 heavy (non-hydrogen) atoms. The first-order valence-electron chi connectivity index (χ1n) is 6.43. The summed E-state index contributed by atoms with van der Waals surface area (Å²) in [6.45, 7) is 7.38. The zero-order chi connectivity index (χ0) is 15.4. The Kier molecular flexibility index (Phi) is 4.89. The van der Waals surface area contributed by atoms with Gasteiger partial charge in [-0.2, -0.15) is 0 Å². The highest BCUT2D eigenvalue weighted by Gasteiger charge is 2.45. The molecule has 1 amide bonds. The average molecular weight is 278 g/mol. The fourth-order valence-electron chi connectivity index (χ4n) is 1.59. The minimum Gasteiger partial charge on any atom is -0.468 e. The molecule has 0 aromatic heterocycles. The summed E-state index contributed by atoms with van der Waals surface area (Å²) in [5.41, 5.74) is 4.42. The van der Waals surface area contributed by atoms with Crippen LogP contribution in [-0.4, -0.2) is 24.5 Å². The molecule has 0 saturated carbocycles. The molecule has 1 aromatic rings. The number of esters is 1. The van der Waals surface area contributed by atoms with Gasteiger partial charge in [-0.15, -0.1) is 0 Å². The minimum atomic E-state index is -1.04. The Hall–Kier alpha value is -1.88. The third kappa shape index (κ3) is 3.36. The highest BCUT2D eigenvalue weighted by molar-refractivity contribution is 5.94. The summed E-state index contributed by atoms with van der Waals surface area (Å²) < 4.78 is 4.83. The lowest BCUT2D eigenvalue weighted by Gasteiger charge is -2.39. The Morgan fingerprint density at radius 3 is 2.05 bits per heavy atom. The first-order chi connectivity index (χ1) is 9.22. The normalized spacial score (nSPS) is 14.2. The zero-order valence-corrected chi connectivity index (χ0v) is 12.6. The molecule has 1 rings (SSSR count). The molecule has 5 heteroatoms. The summed E-state index contributed by atoms with van der Waals surface area (Å²) in [5.74, 6) is -0.733. The van der Waals surface area contributed by atoms with Crippen molar-refractivity contribution in [3.8, 4) is 0 Å². The molecule has 0 fully saturated rings. The number of nitrogens with one attached hydrogen (secondary N) is 2. The lowest BCUT2D eigenvalue weighted by molar-refractivity contribution is -0.153. The molecule has 0 aliphatic rings. The molecule has 5 nitrogen and oxygen atoms in total. The fraction of sp³-hybridized carbons (Fsp3) is 0.467. The molecule has 110 valence electrons. The van der Waals surface area contributed by atoms with Crippen molar-refractivity contribution in [3.63, 3.8) is 0 Å². The summed E-state index contributed by atoms with van der Waals surface area (Å²) >= 11 is 0. The van der Waals surface area contributed by atoms with E-state index in [1.165, 1.54) is 7.11 Å². The standard InChI is InChI=1S/C15H22N2O3/c1-14(2,3)15(4,13(19)20-5)17-16-12(18)11-9-7-6-8-10-11/h6-10,17H,1-5H3,(H,16,18). The zero-order valence-electron chi connectivity index (χ0n) is 12.6.